The maximum Gasteiger partial charge on any atom is 0.278 e. The Bertz CT molecular complexity index is 737. The molecule has 0 spiro atoms. The Morgan fingerprint density at radius 1 is 1.24 bits per heavy atom. The molecule has 0 saturated heterocycles. The summed E-state index contributed by atoms with van der Waals surface area (Å²) in [5.74, 6) is 0.595. The van der Waals surface area contributed by atoms with Crippen molar-refractivity contribution < 1.29 is 37.8 Å². The summed E-state index contributed by atoms with van der Waals surface area (Å²) >= 11 is 0. The van der Waals surface area contributed by atoms with Crippen LogP contribution in [0.3, 0.4) is 0 Å². The summed E-state index contributed by atoms with van der Waals surface area (Å²) in [4.78, 5) is 12.7. The van der Waals surface area contributed by atoms with Crippen LogP contribution in [0.2, 0.25) is 0 Å². The van der Waals surface area contributed by atoms with Gasteiger partial charge in [-0.3, -0.25) is 4.79 Å². The molecule has 4 nitrogen and oxygen atoms in total. The molecule has 0 bridgehead atoms. The van der Waals surface area contributed by atoms with Crippen LogP contribution in [0.1, 0.15) is 44.9 Å². The molecule has 1 aliphatic rings. The maximum absolute atomic E-state index is 12.7. The van der Waals surface area contributed by atoms with Gasteiger partial charge in [0.1, 0.15) is 5.69 Å². The molecule has 1 aliphatic carbocycles. The fourth-order valence-corrected chi connectivity index (χ4v) is 2.62. The minimum Gasteiger partial charge on any atom is -0.505 e. The number of hydrogen-bond donors (Lipinski definition) is 1. The van der Waals surface area contributed by atoms with Gasteiger partial charge in [-0.2, -0.15) is 5.10 Å². The number of aromatic nitrogens is 2. The molecule has 1 heterocycles. The molecule has 5 heteroatoms. The van der Waals surface area contributed by atoms with Gasteiger partial charge in [0.2, 0.25) is 0 Å². The van der Waals surface area contributed by atoms with Crippen LogP contribution in [0.4, 0.5) is 0 Å². The van der Waals surface area contributed by atoms with Gasteiger partial charge < -0.3 is 12.5 Å². The van der Waals surface area contributed by atoms with Crippen LogP contribution < -0.4 is 5.56 Å². The monoisotopic (exact) mass is 418 g/mol. The fourth-order valence-electron chi connectivity index (χ4n) is 2.62. The van der Waals surface area contributed by atoms with Gasteiger partial charge in [-0.15, -0.1) is 0 Å². The Morgan fingerprint density at radius 2 is 1.84 bits per heavy atom. The molecule has 1 N–H and O–H groups in total. The molecule has 0 aliphatic heterocycles. The molecule has 135 valence electrons. The standard InChI is InChI=1S/C17H20N2O2.C2H6.CH3.Y/c1-3-14-16(20)15(13-7-5-4-6-11(13)2)17(21)19(18-14)10-12-8-9-12;1-2;;/h4-7,12,20H,3,8-10H2,1-2H3;1-2H3;1H3;/q;;-1;. The zero-order chi connectivity index (χ0) is 17.0. The molecule has 1 radical (unpaired) electrons. The van der Waals surface area contributed by atoms with Crippen molar-refractivity contribution in [1.82, 2.24) is 9.78 Å². The van der Waals surface area contributed by atoms with Crippen LogP contribution >= 0.6 is 0 Å². The van der Waals surface area contributed by atoms with Crippen molar-refractivity contribution in [3.05, 3.63) is 53.3 Å². The molecule has 2 aromatic rings. The molecule has 0 atom stereocenters. The van der Waals surface area contributed by atoms with E-state index in [4.69, 9.17) is 0 Å². The van der Waals surface area contributed by atoms with E-state index in [1.807, 2.05) is 52.0 Å². The van der Waals surface area contributed by atoms with Crippen molar-refractivity contribution in [2.45, 2.75) is 53.5 Å². The molecule has 1 aromatic heterocycles. The molecule has 0 amide bonds. The molecular weight excluding hydrogens is 389 g/mol. The van der Waals surface area contributed by atoms with Gasteiger partial charge in [0.05, 0.1) is 5.56 Å². The molecule has 25 heavy (non-hydrogen) atoms. The Kier molecular flexibility index (Phi) is 10.4. The zero-order valence-corrected chi connectivity index (χ0v) is 18.9. The van der Waals surface area contributed by atoms with Crippen molar-refractivity contribution in [2.75, 3.05) is 0 Å². The predicted molar refractivity (Wildman–Crippen MR) is 100 cm³/mol. The molecule has 0 unspecified atom stereocenters. The Labute approximate surface area is 176 Å². The SMILES string of the molecule is CC.CCc1nn(CC2CC2)c(=O)c(-c2ccccc2C)c1O.[CH3-].[Y]. The van der Waals surface area contributed by atoms with Gasteiger partial charge in [0.25, 0.3) is 5.56 Å². The summed E-state index contributed by atoms with van der Waals surface area (Å²) in [7, 11) is 0. The van der Waals surface area contributed by atoms with E-state index in [9.17, 15) is 9.90 Å². The first kappa shape index (κ1) is 24.0. The summed E-state index contributed by atoms with van der Waals surface area (Å²) in [5.41, 5.74) is 2.57. The van der Waals surface area contributed by atoms with Gasteiger partial charge in [0.15, 0.2) is 5.75 Å². The minimum absolute atomic E-state index is 0. The first-order chi connectivity index (χ1) is 11.1. The average molecular weight is 418 g/mol. The predicted octanol–water partition coefficient (Wildman–Crippen LogP) is 4.37. The van der Waals surface area contributed by atoms with Crippen LogP contribution in [0.15, 0.2) is 29.1 Å². The Balaban J connectivity index is 0.00000139. The van der Waals surface area contributed by atoms with Gasteiger partial charge in [-0.25, -0.2) is 4.68 Å². The fraction of sp³-hybridized carbons (Fsp3) is 0.450. The third-order valence-electron chi connectivity index (χ3n) is 4.08. The van der Waals surface area contributed by atoms with Gasteiger partial charge in [0, 0.05) is 39.3 Å². The maximum atomic E-state index is 12.7. The van der Waals surface area contributed by atoms with Crippen LogP contribution in [0, 0.1) is 20.3 Å². The van der Waals surface area contributed by atoms with Gasteiger partial charge in [-0.05, 0) is 43.2 Å². The summed E-state index contributed by atoms with van der Waals surface area (Å²) in [6, 6.07) is 7.65. The number of nitrogens with zero attached hydrogens (tertiary/aromatic N) is 2. The minimum atomic E-state index is -0.189. The van der Waals surface area contributed by atoms with Crippen LogP contribution in [0.5, 0.6) is 5.75 Å². The second kappa shape index (κ2) is 10.9. The zero-order valence-electron chi connectivity index (χ0n) is 16.0. The third kappa shape index (κ3) is 5.49. The first-order valence-corrected chi connectivity index (χ1v) is 8.50. The van der Waals surface area contributed by atoms with E-state index in [1.54, 1.807) is 0 Å². The van der Waals surface area contributed by atoms with E-state index in [0.717, 1.165) is 24.0 Å². The van der Waals surface area contributed by atoms with E-state index >= 15 is 0 Å². The number of benzene rings is 1. The normalized spacial score (nSPS) is 12.3. The van der Waals surface area contributed by atoms with Crippen molar-refractivity contribution in [3.8, 4) is 16.9 Å². The number of rotatable bonds is 4. The van der Waals surface area contributed by atoms with E-state index < -0.39 is 0 Å². The topological polar surface area (TPSA) is 55.1 Å². The summed E-state index contributed by atoms with van der Waals surface area (Å²) in [6.07, 6.45) is 2.93. The summed E-state index contributed by atoms with van der Waals surface area (Å²) in [6.45, 7) is 8.55. The molecule has 3 rings (SSSR count). The molecule has 1 aromatic carbocycles. The van der Waals surface area contributed by atoms with E-state index in [-0.39, 0.29) is 51.4 Å². The molecular formula is C20H29N2O2Y-. The Morgan fingerprint density at radius 3 is 2.36 bits per heavy atom. The van der Waals surface area contributed by atoms with Crippen LogP contribution in [0.25, 0.3) is 11.1 Å². The average Bonchev–Trinajstić information content (AvgIpc) is 3.38. The van der Waals surface area contributed by atoms with E-state index in [2.05, 4.69) is 5.10 Å². The molecule has 1 fully saturated rings. The quantitative estimate of drug-likeness (QED) is 0.751. The smallest absolute Gasteiger partial charge is 0.278 e. The Hall–Kier alpha value is -0.996. The second-order valence-electron chi connectivity index (χ2n) is 5.77. The summed E-state index contributed by atoms with van der Waals surface area (Å²) < 4.78 is 1.54. The van der Waals surface area contributed by atoms with Gasteiger partial charge in [-0.1, -0.05) is 45.0 Å². The van der Waals surface area contributed by atoms with Crippen LogP contribution in [-0.2, 0) is 45.7 Å². The third-order valence-corrected chi connectivity index (χ3v) is 4.08. The van der Waals surface area contributed by atoms with Crippen molar-refractivity contribution >= 4 is 0 Å². The number of aromatic hydroxyl groups is 1. The number of aryl methyl sites for hydroxylation is 2. The second-order valence-corrected chi connectivity index (χ2v) is 5.77. The van der Waals surface area contributed by atoms with Crippen molar-refractivity contribution in [3.63, 3.8) is 0 Å². The molecule has 1 saturated carbocycles. The summed E-state index contributed by atoms with van der Waals surface area (Å²) in [5, 5.41) is 14.8. The van der Waals surface area contributed by atoms with Crippen LogP contribution in [-0.4, -0.2) is 14.9 Å². The largest absolute Gasteiger partial charge is 0.505 e. The van der Waals surface area contributed by atoms with E-state index in [0.29, 0.717) is 30.1 Å². The van der Waals surface area contributed by atoms with Crippen molar-refractivity contribution in [1.29, 1.82) is 0 Å². The van der Waals surface area contributed by atoms with Crippen molar-refractivity contribution in [2.24, 2.45) is 5.92 Å². The number of hydrogen-bond acceptors (Lipinski definition) is 3. The van der Waals surface area contributed by atoms with E-state index in [1.165, 1.54) is 4.68 Å². The first-order valence-electron chi connectivity index (χ1n) is 8.50. The van der Waals surface area contributed by atoms with Gasteiger partial charge >= 0.3 is 0 Å².